The van der Waals surface area contributed by atoms with Crippen molar-refractivity contribution in [1.29, 1.82) is 0 Å². The molecule has 0 aliphatic heterocycles. The molecular formula is C16H14ClFN2O3. The van der Waals surface area contributed by atoms with Gasteiger partial charge >= 0.3 is 5.97 Å². The van der Waals surface area contributed by atoms with E-state index in [1.54, 1.807) is 19.1 Å². The molecule has 1 atom stereocenters. The van der Waals surface area contributed by atoms with Crippen LogP contribution in [0.5, 0.6) is 0 Å². The Morgan fingerprint density at radius 2 is 2.17 bits per heavy atom. The van der Waals surface area contributed by atoms with Gasteiger partial charge in [-0.2, -0.15) is 0 Å². The summed E-state index contributed by atoms with van der Waals surface area (Å²) in [5, 5.41) is 2.43. The van der Waals surface area contributed by atoms with Crippen LogP contribution in [0.1, 0.15) is 23.7 Å². The number of hydrogen-bond acceptors (Lipinski definition) is 4. The number of nitrogens with zero attached hydrogens (tertiary/aromatic N) is 1. The topological polar surface area (TPSA) is 68.3 Å². The molecule has 1 heterocycles. The van der Waals surface area contributed by atoms with Crippen LogP contribution in [0.15, 0.2) is 42.7 Å². The molecule has 1 N–H and O–H groups in total. The number of amides is 1. The number of anilines is 1. The number of aromatic nitrogens is 1. The fourth-order valence-electron chi connectivity index (χ4n) is 1.80. The molecule has 0 aliphatic rings. The van der Waals surface area contributed by atoms with Gasteiger partial charge in [0.25, 0.3) is 5.91 Å². The first-order valence-corrected chi connectivity index (χ1v) is 7.26. The number of carbonyl (C=O) groups excluding carboxylic acids is 2. The molecule has 0 saturated heterocycles. The minimum Gasteiger partial charge on any atom is -0.449 e. The van der Waals surface area contributed by atoms with Crippen molar-refractivity contribution >= 4 is 29.2 Å². The zero-order valence-electron chi connectivity index (χ0n) is 12.3. The first-order valence-electron chi connectivity index (χ1n) is 6.88. The summed E-state index contributed by atoms with van der Waals surface area (Å²) >= 11 is 5.66. The van der Waals surface area contributed by atoms with Crippen molar-refractivity contribution in [3.05, 3.63) is 59.1 Å². The Kier molecular flexibility index (Phi) is 5.65. The molecule has 0 fully saturated rings. The Labute approximate surface area is 137 Å². The van der Waals surface area contributed by atoms with Crippen molar-refractivity contribution in [2.45, 2.75) is 19.4 Å². The van der Waals surface area contributed by atoms with Crippen LogP contribution >= 0.6 is 11.6 Å². The Bertz CT molecular complexity index is 710. The van der Waals surface area contributed by atoms with Gasteiger partial charge in [-0.3, -0.25) is 9.78 Å². The average molecular weight is 337 g/mol. The molecule has 23 heavy (non-hydrogen) atoms. The lowest BCUT2D eigenvalue weighted by Crippen LogP contribution is -2.32. The van der Waals surface area contributed by atoms with Crippen molar-refractivity contribution in [1.82, 2.24) is 4.98 Å². The number of pyridine rings is 1. The quantitative estimate of drug-likeness (QED) is 0.849. The normalized spacial score (nSPS) is 11.6. The number of esters is 1. The molecule has 1 aromatic carbocycles. The molecule has 5 nitrogen and oxygen atoms in total. The first-order chi connectivity index (χ1) is 11.0. The maximum Gasteiger partial charge on any atom is 0.340 e. The van der Waals surface area contributed by atoms with E-state index in [0.29, 0.717) is 5.69 Å². The SMILES string of the molecule is CCC(OC(=O)c1cccnc1)C(=O)Nc1ccc(F)c(Cl)c1. The number of halogens is 2. The summed E-state index contributed by atoms with van der Waals surface area (Å²) in [6.45, 7) is 1.71. The highest BCUT2D eigenvalue weighted by atomic mass is 35.5. The molecule has 0 radical (unpaired) electrons. The molecule has 2 rings (SSSR count). The van der Waals surface area contributed by atoms with E-state index in [9.17, 15) is 14.0 Å². The molecule has 1 aromatic heterocycles. The Morgan fingerprint density at radius 3 is 2.78 bits per heavy atom. The van der Waals surface area contributed by atoms with Crippen LogP contribution < -0.4 is 5.32 Å². The molecule has 0 bridgehead atoms. The van der Waals surface area contributed by atoms with E-state index in [2.05, 4.69) is 10.3 Å². The van der Waals surface area contributed by atoms with Crippen LogP contribution in [0.3, 0.4) is 0 Å². The number of carbonyl (C=O) groups is 2. The highest BCUT2D eigenvalue weighted by Gasteiger charge is 2.22. The first kappa shape index (κ1) is 16.9. The molecule has 2 aromatic rings. The van der Waals surface area contributed by atoms with Gasteiger partial charge in [-0.15, -0.1) is 0 Å². The molecule has 0 saturated carbocycles. The predicted molar refractivity (Wildman–Crippen MR) is 83.8 cm³/mol. The summed E-state index contributed by atoms with van der Waals surface area (Å²) in [4.78, 5) is 27.9. The number of benzene rings is 1. The maximum atomic E-state index is 13.1. The molecule has 0 aliphatic carbocycles. The fourth-order valence-corrected chi connectivity index (χ4v) is 1.98. The van der Waals surface area contributed by atoms with E-state index in [-0.39, 0.29) is 17.0 Å². The molecule has 0 spiro atoms. The summed E-state index contributed by atoms with van der Waals surface area (Å²) in [5.74, 6) is -1.75. The molecule has 1 unspecified atom stereocenters. The number of hydrogen-bond donors (Lipinski definition) is 1. The standard InChI is InChI=1S/C16H14ClFN2O3/c1-2-14(23-16(22)10-4-3-7-19-9-10)15(21)20-11-5-6-13(18)12(17)8-11/h3-9,14H,2H2,1H3,(H,20,21). The summed E-state index contributed by atoms with van der Waals surface area (Å²) in [7, 11) is 0. The predicted octanol–water partition coefficient (Wildman–Crippen LogP) is 3.45. The lowest BCUT2D eigenvalue weighted by Gasteiger charge is -2.16. The van der Waals surface area contributed by atoms with Crippen LogP contribution in [-0.4, -0.2) is 23.0 Å². The third-order valence-corrected chi connectivity index (χ3v) is 3.29. The Hall–Kier alpha value is -2.47. The van der Waals surface area contributed by atoms with E-state index in [4.69, 9.17) is 16.3 Å². The van der Waals surface area contributed by atoms with E-state index < -0.39 is 23.8 Å². The van der Waals surface area contributed by atoms with E-state index in [0.717, 1.165) is 6.07 Å². The Morgan fingerprint density at radius 1 is 1.39 bits per heavy atom. The lowest BCUT2D eigenvalue weighted by molar-refractivity contribution is -0.124. The van der Waals surface area contributed by atoms with Gasteiger partial charge in [-0.05, 0) is 36.8 Å². The van der Waals surface area contributed by atoms with Gasteiger partial charge in [-0.25, -0.2) is 9.18 Å². The van der Waals surface area contributed by atoms with Crippen LogP contribution in [0, 0.1) is 5.82 Å². The monoisotopic (exact) mass is 336 g/mol. The van der Waals surface area contributed by atoms with E-state index in [1.165, 1.54) is 24.5 Å². The van der Waals surface area contributed by atoms with Crippen molar-refractivity contribution in [3.8, 4) is 0 Å². The summed E-state index contributed by atoms with van der Waals surface area (Å²) in [6, 6.07) is 6.93. The highest BCUT2D eigenvalue weighted by Crippen LogP contribution is 2.20. The third-order valence-electron chi connectivity index (χ3n) is 3.00. The van der Waals surface area contributed by atoms with Gasteiger partial charge in [0.1, 0.15) is 5.82 Å². The van der Waals surface area contributed by atoms with Gasteiger partial charge in [0.2, 0.25) is 0 Å². The molecule has 120 valence electrons. The van der Waals surface area contributed by atoms with Crippen molar-refractivity contribution in [3.63, 3.8) is 0 Å². The number of rotatable bonds is 5. The van der Waals surface area contributed by atoms with Crippen molar-refractivity contribution in [2.75, 3.05) is 5.32 Å². The van der Waals surface area contributed by atoms with Crippen molar-refractivity contribution < 1.29 is 18.7 Å². The molecular weight excluding hydrogens is 323 g/mol. The van der Waals surface area contributed by atoms with Crippen LogP contribution in [-0.2, 0) is 9.53 Å². The van der Waals surface area contributed by atoms with Gasteiger partial charge in [0, 0.05) is 18.1 Å². The second kappa shape index (κ2) is 7.69. The summed E-state index contributed by atoms with van der Waals surface area (Å²) in [5.41, 5.74) is 0.570. The highest BCUT2D eigenvalue weighted by molar-refractivity contribution is 6.31. The second-order valence-corrected chi connectivity index (χ2v) is 5.07. The molecule has 7 heteroatoms. The molecule has 1 amide bonds. The van der Waals surface area contributed by atoms with Gasteiger partial charge < -0.3 is 10.1 Å². The van der Waals surface area contributed by atoms with Crippen molar-refractivity contribution in [2.24, 2.45) is 0 Å². The van der Waals surface area contributed by atoms with E-state index >= 15 is 0 Å². The second-order valence-electron chi connectivity index (χ2n) is 4.66. The van der Waals surface area contributed by atoms with Gasteiger partial charge in [-0.1, -0.05) is 18.5 Å². The zero-order chi connectivity index (χ0) is 16.8. The zero-order valence-corrected chi connectivity index (χ0v) is 13.0. The van der Waals surface area contributed by atoms with Crippen LogP contribution in [0.2, 0.25) is 5.02 Å². The maximum absolute atomic E-state index is 13.1. The largest absolute Gasteiger partial charge is 0.449 e. The van der Waals surface area contributed by atoms with Crippen LogP contribution in [0.25, 0.3) is 0 Å². The number of nitrogens with one attached hydrogen (secondary N) is 1. The third kappa shape index (κ3) is 4.50. The van der Waals surface area contributed by atoms with Gasteiger partial charge in [0.05, 0.1) is 10.6 Å². The average Bonchev–Trinajstić information content (AvgIpc) is 2.56. The van der Waals surface area contributed by atoms with Crippen LogP contribution in [0.4, 0.5) is 10.1 Å². The summed E-state index contributed by atoms with van der Waals surface area (Å²) < 4.78 is 18.3. The smallest absolute Gasteiger partial charge is 0.340 e. The minimum atomic E-state index is -0.980. The van der Waals surface area contributed by atoms with Gasteiger partial charge in [0.15, 0.2) is 6.10 Å². The number of ether oxygens (including phenoxy) is 1. The van der Waals surface area contributed by atoms with E-state index in [1.807, 2.05) is 0 Å². The fraction of sp³-hybridized carbons (Fsp3) is 0.188. The Balaban J connectivity index is 2.03. The lowest BCUT2D eigenvalue weighted by atomic mass is 10.2. The minimum absolute atomic E-state index is 0.108. The summed E-state index contributed by atoms with van der Waals surface area (Å²) in [6.07, 6.45) is 2.19.